The van der Waals surface area contributed by atoms with Gasteiger partial charge in [0.05, 0.1) is 7.11 Å². The molecule has 3 aromatic carbocycles. The van der Waals surface area contributed by atoms with Gasteiger partial charge in [-0.3, -0.25) is 0 Å². The molecule has 0 heterocycles. The van der Waals surface area contributed by atoms with Gasteiger partial charge < -0.3 is 20.1 Å². The van der Waals surface area contributed by atoms with Crippen LogP contribution in [0.15, 0.2) is 72.8 Å². The monoisotopic (exact) mass is 428 g/mol. The summed E-state index contributed by atoms with van der Waals surface area (Å²) in [5.41, 5.74) is 2.63. The summed E-state index contributed by atoms with van der Waals surface area (Å²) in [5, 5.41) is 5.30. The maximum Gasteiger partial charge on any atom is 0.573 e. The Kier molecular flexibility index (Phi) is 6.81. The number of hydrogen-bond acceptors (Lipinski definition) is 3. The summed E-state index contributed by atoms with van der Waals surface area (Å²) in [6.45, 7) is 0. The second kappa shape index (κ2) is 9.71. The van der Waals surface area contributed by atoms with Crippen molar-refractivity contribution in [1.29, 1.82) is 0 Å². The van der Waals surface area contributed by atoms with Crippen LogP contribution < -0.4 is 20.1 Å². The quantitative estimate of drug-likeness (QED) is 0.446. The van der Waals surface area contributed by atoms with Crippen LogP contribution in [0, 0.1) is 0 Å². The number of methoxy groups -OCH3 is 1. The molecular formula is C23H19F3N2O3. The van der Waals surface area contributed by atoms with Gasteiger partial charge in [-0.15, -0.1) is 13.2 Å². The van der Waals surface area contributed by atoms with Crippen LogP contribution >= 0.6 is 0 Å². The topological polar surface area (TPSA) is 59.6 Å². The van der Waals surface area contributed by atoms with Crippen LogP contribution in [0.5, 0.6) is 11.5 Å². The van der Waals surface area contributed by atoms with E-state index in [1.807, 2.05) is 48.6 Å². The molecule has 0 aromatic heterocycles. The summed E-state index contributed by atoms with van der Waals surface area (Å²) in [4.78, 5) is 12.3. The Morgan fingerprint density at radius 1 is 0.839 bits per heavy atom. The van der Waals surface area contributed by atoms with Gasteiger partial charge >= 0.3 is 12.4 Å². The molecular weight excluding hydrogens is 409 g/mol. The third-order valence-corrected chi connectivity index (χ3v) is 4.13. The smallest absolute Gasteiger partial charge is 0.497 e. The molecule has 2 amide bonds. The van der Waals surface area contributed by atoms with Crippen LogP contribution in [0.25, 0.3) is 12.2 Å². The van der Waals surface area contributed by atoms with E-state index in [4.69, 9.17) is 4.74 Å². The number of carbonyl (C=O) groups is 1. The maximum absolute atomic E-state index is 12.3. The van der Waals surface area contributed by atoms with Crippen LogP contribution in [0.1, 0.15) is 11.1 Å². The first-order valence-corrected chi connectivity index (χ1v) is 9.17. The van der Waals surface area contributed by atoms with Crippen LogP contribution in [0.3, 0.4) is 0 Å². The lowest BCUT2D eigenvalue weighted by atomic mass is 10.1. The Balaban J connectivity index is 1.64. The molecule has 5 nitrogen and oxygen atoms in total. The lowest BCUT2D eigenvalue weighted by Gasteiger charge is -2.11. The van der Waals surface area contributed by atoms with Crippen molar-refractivity contribution in [3.8, 4) is 11.5 Å². The van der Waals surface area contributed by atoms with E-state index in [1.165, 1.54) is 12.1 Å². The predicted molar refractivity (Wildman–Crippen MR) is 114 cm³/mol. The average Bonchev–Trinajstić information content (AvgIpc) is 2.74. The van der Waals surface area contributed by atoms with E-state index in [0.29, 0.717) is 11.4 Å². The fraction of sp³-hybridized carbons (Fsp3) is 0.0870. The highest BCUT2D eigenvalue weighted by molar-refractivity contribution is 6.01. The number of amides is 2. The fourth-order valence-electron chi connectivity index (χ4n) is 2.68. The molecule has 0 aliphatic carbocycles. The number of hydrogen-bond donors (Lipinski definition) is 2. The van der Waals surface area contributed by atoms with Gasteiger partial charge in [-0.1, -0.05) is 42.5 Å². The largest absolute Gasteiger partial charge is 0.573 e. The lowest BCUT2D eigenvalue weighted by Crippen LogP contribution is -2.20. The molecule has 0 unspecified atom stereocenters. The van der Waals surface area contributed by atoms with Crippen molar-refractivity contribution in [2.75, 3.05) is 17.7 Å². The fourth-order valence-corrected chi connectivity index (χ4v) is 2.68. The van der Waals surface area contributed by atoms with Crippen LogP contribution in [-0.2, 0) is 0 Å². The van der Waals surface area contributed by atoms with E-state index in [0.717, 1.165) is 29.0 Å². The molecule has 31 heavy (non-hydrogen) atoms. The van der Waals surface area contributed by atoms with Gasteiger partial charge in [0.2, 0.25) is 0 Å². The number of halogens is 3. The van der Waals surface area contributed by atoms with Crippen molar-refractivity contribution >= 4 is 29.6 Å². The zero-order valence-electron chi connectivity index (χ0n) is 16.4. The summed E-state index contributed by atoms with van der Waals surface area (Å²) in [6.07, 6.45) is -1.01. The van der Waals surface area contributed by atoms with E-state index < -0.39 is 12.4 Å². The number of para-hydroxylation sites is 1. The molecule has 0 radical (unpaired) electrons. The molecule has 0 saturated carbocycles. The van der Waals surface area contributed by atoms with Gasteiger partial charge in [0.15, 0.2) is 0 Å². The molecule has 2 N–H and O–H groups in total. The minimum Gasteiger partial charge on any atom is -0.497 e. The van der Waals surface area contributed by atoms with Crippen molar-refractivity contribution in [3.05, 3.63) is 83.9 Å². The Bertz CT molecular complexity index is 1050. The van der Waals surface area contributed by atoms with Gasteiger partial charge in [0.1, 0.15) is 11.5 Å². The standard InChI is InChI=1S/C23H19F3N2O3/c1-30-19-12-7-16(8-13-19)6-9-17-4-2-3-5-21(17)28-22(29)27-18-10-14-20(15-11-18)31-23(24,25)26/h2-15H,1H3,(H2,27,28,29). The van der Waals surface area contributed by atoms with Crippen molar-refractivity contribution in [2.24, 2.45) is 0 Å². The molecule has 0 spiro atoms. The second-order valence-electron chi connectivity index (χ2n) is 6.35. The SMILES string of the molecule is COc1ccc(C=Cc2ccccc2NC(=O)Nc2ccc(OC(F)(F)F)cc2)cc1. The third kappa shape index (κ3) is 6.81. The highest BCUT2D eigenvalue weighted by atomic mass is 19.4. The number of rotatable bonds is 6. The van der Waals surface area contributed by atoms with Gasteiger partial charge in [-0.05, 0) is 53.6 Å². The van der Waals surface area contributed by atoms with Crippen molar-refractivity contribution in [1.82, 2.24) is 0 Å². The first-order chi connectivity index (χ1) is 14.8. The van der Waals surface area contributed by atoms with Crippen LogP contribution in [-0.4, -0.2) is 19.5 Å². The van der Waals surface area contributed by atoms with Crippen LogP contribution in [0.4, 0.5) is 29.3 Å². The number of urea groups is 1. The average molecular weight is 428 g/mol. The van der Waals surface area contributed by atoms with E-state index in [2.05, 4.69) is 15.4 Å². The molecule has 160 valence electrons. The van der Waals surface area contributed by atoms with Crippen molar-refractivity contribution < 1.29 is 27.4 Å². The normalized spacial score (nSPS) is 11.2. The summed E-state index contributed by atoms with van der Waals surface area (Å²) in [5.74, 6) is 0.390. The molecule has 0 aliphatic heterocycles. The van der Waals surface area contributed by atoms with Gasteiger partial charge in [-0.25, -0.2) is 4.79 Å². The Labute approximate surface area is 177 Å². The molecule has 8 heteroatoms. The molecule has 3 aromatic rings. The Morgan fingerprint density at radius 3 is 2.13 bits per heavy atom. The molecule has 0 atom stereocenters. The van der Waals surface area contributed by atoms with E-state index in [-0.39, 0.29) is 5.75 Å². The number of nitrogens with one attached hydrogen (secondary N) is 2. The minimum atomic E-state index is -4.77. The van der Waals surface area contributed by atoms with Gasteiger partial charge in [0.25, 0.3) is 0 Å². The number of ether oxygens (including phenoxy) is 2. The van der Waals surface area contributed by atoms with Gasteiger partial charge in [-0.2, -0.15) is 0 Å². The number of alkyl halides is 3. The summed E-state index contributed by atoms with van der Waals surface area (Å²) >= 11 is 0. The van der Waals surface area contributed by atoms with Crippen molar-refractivity contribution in [2.45, 2.75) is 6.36 Å². The molecule has 0 saturated heterocycles. The minimum absolute atomic E-state index is 0.318. The molecule has 0 fully saturated rings. The van der Waals surface area contributed by atoms with Gasteiger partial charge in [0, 0.05) is 11.4 Å². The molecule has 3 rings (SSSR count). The number of carbonyl (C=O) groups excluding carboxylic acids is 1. The third-order valence-electron chi connectivity index (χ3n) is 4.13. The lowest BCUT2D eigenvalue weighted by molar-refractivity contribution is -0.274. The second-order valence-corrected chi connectivity index (χ2v) is 6.35. The van der Waals surface area contributed by atoms with E-state index in [1.54, 1.807) is 19.2 Å². The molecule has 0 aliphatic rings. The maximum atomic E-state index is 12.3. The number of anilines is 2. The van der Waals surface area contributed by atoms with Crippen molar-refractivity contribution in [3.63, 3.8) is 0 Å². The van der Waals surface area contributed by atoms with E-state index >= 15 is 0 Å². The Hall–Kier alpha value is -3.94. The zero-order chi connectivity index (χ0) is 22.3. The van der Waals surface area contributed by atoms with Crippen LogP contribution in [0.2, 0.25) is 0 Å². The zero-order valence-corrected chi connectivity index (χ0v) is 16.4. The highest BCUT2D eigenvalue weighted by Crippen LogP contribution is 2.24. The Morgan fingerprint density at radius 2 is 1.48 bits per heavy atom. The summed E-state index contributed by atoms with van der Waals surface area (Å²) in [7, 11) is 1.60. The predicted octanol–water partition coefficient (Wildman–Crippen LogP) is 6.41. The number of benzene rings is 3. The first-order valence-electron chi connectivity index (χ1n) is 9.17. The van der Waals surface area contributed by atoms with E-state index in [9.17, 15) is 18.0 Å². The highest BCUT2D eigenvalue weighted by Gasteiger charge is 2.30. The summed E-state index contributed by atoms with van der Waals surface area (Å²) in [6, 6.07) is 19.1. The molecule has 0 bridgehead atoms. The first kappa shape index (κ1) is 21.8. The summed E-state index contributed by atoms with van der Waals surface area (Å²) < 4.78 is 45.6.